The first kappa shape index (κ1) is 9.18. The van der Waals surface area contributed by atoms with Crippen LogP contribution >= 0.6 is 0 Å². The summed E-state index contributed by atoms with van der Waals surface area (Å²) in [4.78, 5) is 11.3. The van der Waals surface area contributed by atoms with Gasteiger partial charge in [0.25, 0.3) is 0 Å². The second-order valence-electron chi connectivity index (χ2n) is 3.31. The zero-order valence-corrected chi connectivity index (χ0v) is 7.43. The average molecular weight is 194 g/mol. The molecule has 2 rings (SSSR count). The maximum absolute atomic E-state index is 11.3. The zero-order chi connectivity index (χ0) is 10.2. The number of ether oxygens (including phenoxy) is 1. The van der Waals surface area contributed by atoms with Crippen molar-refractivity contribution < 1.29 is 19.7 Å². The van der Waals surface area contributed by atoms with Gasteiger partial charge in [0.2, 0.25) is 0 Å². The van der Waals surface area contributed by atoms with Crippen LogP contribution in [0.15, 0.2) is 24.3 Å². The van der Waals surface area contributed by atoms with Crippen LogP contribution in [0.4, 0.5) is 0 Å². The van der Waals surface area contributed by atoms with E-state index in [1.54, 1.807) is 24.3 Å². The van der Waals surface area contributed by atoms with Gasteiger partial charge in [-0.3, -0.25) is 0 Å². The van der Waals surface area contributed by atoms with Crippen LogP contribution in [0.3, 0.4) is 0 Å². The standard InChI is InChI=1S/C10H10O4/c11-5-10(13)6-14-9(12)7-3-1-2-4-8(7)10/h1-4,11,13H,5-6H2. The number of carbonyl (C=O) groups excluding carboxylic acids is 1. The molecule has 0 saturated carbocycles. The monoisotopic (exact) mass is 194 g/mol. The van der Waals surface area contributed by atoms with Gasteiger partial charge in [0.05, 0.1) is 12.2 Å². The highest BCUT2D eigenvalue weighted by Gasteiger charge is 2.38. The van der Waals surface area contributed by atoms with E-state index in [1.165, 1.54) is 0 Å². The highest BCUT2D eigenvalue weighted by Crippen LogP contribution is 2.29. The van der Waals surface area contributed by atoms with E-state index in [2.05, 4.69) is 0 Å². The summed E-state index contributed by atoms with van der Waals surface area (Å²) in [5, 5.41) is 19.0. The van der Waals surface area contributed by atoms with E-state index in [0.717, 1.165) is 0 Å². The molecule has 4 nitrogen and oxygen atoms in total. The van der Waals surface area contributed by atoms with Gasteiger partial charge in [-0.25, -0.2) is 4.79 Å². The minimum atomic E-state index is -1.45. The van der Waals surface area contributed by atoms with Crippen LogP contribution < -0.4 is 0 Å². The van der Waals surface area contributed by atoms with Crippen molar-refractivity contribution in [3.05, 3.63) is 35.4 Å². The number of aliphatic hydroxyl groups excluding tert-OH is 1. The smallest absolute Gasteiger partial charge is 0.338 e. The van der Waals surface area contributed by atoms with E-state index in [-0.39, 0.29) is 6.61 Å². The number of hydrogen-bond donors (Lipinski definition) is 2. The Kier molecular flexibility index (Phi) is 2.02. The molecule has 1 atom stereocenters. The van der Waals surface area contributed by atoms with Gasteiger partial charge < -0.3 is 14.9 Å². The van der Waals surface area contributed by atoms with Crippen molar-refractivity contribution in [2.75, 3.05) is 13.2 Å². The number of carbonyl (C=O) groups is 1. The SMILES string of the molecule is O=C1OCC(O)(CO)c2ccccc21. The number of fused-ring (bicyclic) bond motifs is 1. The summed E-state index contributed by atoms with van der Waals surface area (Å²) in [5.41, 5.74) is -0.709. The Bertz CT molecular complexity index is 374. The Morgan fingerprint density at radius 1 is 1.43 bits per heavy atom. The maximum atomic E-state index is 11.3. The molecule has 0 saturated heterocycles. The molecule has 14 heavy (non-hydrogen) atoms. The molecule has 0 bridgehead atoms. The summed E-state index contributed by atoms with van der Waals surface area (Å²) < 4.78 is 4.76. The Balaban J connectivity index is 2.57. The van der Waals surface area contributed by atoms with Gasteiger partial charge in [0.1, 0.15) is 12.2 Å². The molecule has 0 aliphatic carbocycles. The number of aliphatic hydroxyl groups is 2. The first-order valence-electron chi connectivity index (χ1n) is 4.27. The van der Waals surface area contributed by atoms with Gasteiger partial charge in [0.15, 0.2) is 0 Å². The van der Waals surface area contributed by atoms with Gasteiger partial charge >= 0.3 is 5.97 Å². The number of hydrogen-bond acceptors (Lipinski definition) is 4. The van der Waals surface area contributed by atoms with Gasteiger partial charge in [-0.1, -0.05) is 18.2 Å². The Hall–Kier alpha value is -1.39. The third-order valence-electron chi connectivity index (χ3n) is 2.35. The van der Waals surface area contributed by atoms with Crippen LogP contribution in [-0.2, 0) is 10.3 Å². The van der Waals surface area contributed by atoms with E-state index in [4.69, 9.17) is 9.84 Å². The van der Waals surface area contributed by atoms with E-state index >= 15 is 0 Å². The zero-order valence-electron chi connectivity index (χ0n) is 7.43. The molecule has 1 heterocycles. The van der Waals surface area contributed by atoms with Crippen molar-refractivity contribution in [1.29, 1.82) is 0 Å². The fraction of sp³-hybridized carbons (Fsp3) is 0.300. The van der Waals surface area contributed by atoms with Gasteiger partial charge in [-0.2, -0.15) is 0 Å². The summed E-state index contributed by atoms with van der Waals surface area (Å²) >= 11 is 0. The van der Waals surface area contributed by atoms with Crippen molar-refractivity contribution in [1.82, 2.24) is 0 Å². The van der Waals surface area contributed by atoms with Gasteiger partial charge in [-0.05, 0) is 6.07 Å². The molecule has 1 aliphatic rings. The molecule has 1 unspecified atom stereocenters. The third kappa shape index (κ3) is 1.20. The van der Waals surface area contributed by atoms with E-state index in [0.29, 0.717) is 11.1 Å². The molecule has 4 heteroatoms. The highest BCUT2D eigenvalue weighted by molar-refractivity contribution is 5.92. The molecule has 1 aromatic carbocycles. The molecular formula is C10H10O4. The number of rotatable bonds is 1. The molecular weight excluding hydrogens is 184 g/mol. The maximum Gasteiger partial charge on any atom is 0.338 e. The second-order valence-corrected chi connectivity index (χ2v) is 3.31. The van der Waals surface area contributed by atoms with Crippen LogP contribution in [-0.4, -0.2) is 29.4 Å². The fourth-order valence-corrected chi connectivity index (χ4v) is 1.54. The summed E-state index contributed by atoms with van der Waals surface area (Å²) in [5.74, 6) is -0.460. The normalized spacial score (nSPS) is 25.4. The van der Waals surface area contributed by atoms with Crippen molar-refractivity contribution in [2.24, 2.45) is 0 Å². The van der Waals surface area contributed by atoms with E-state index in [9.17, 15) is 9.90 Å². The summed E-state index contributed by atoms with van der Waals surface area (Å²) in [7, 11) is 0. The number of cyclic esters (lactones) is 1. The number of benzene rings is 1. The van der Waals surface area contributed by atoms with Gasteiger partial charge in [0, 0.05) is 5.56 Å². The predicted octanol–water partition coefficient (Wildman–Crippen LogP) is 0.0369. The van der Waals surface area contributed by atoms with E-state index in [1.807, 2.05) is 0 Å². The summed E-state index contributed by atoms with van der Waals surface area (Å²) in [6.45, 7) is -0.656. The lowest BCUT2D eigenvalue weighted by atomic mass is 9.89. The number of esters is 1. The molecule has 1 aliphatic heterocycles. The van der Waals surface area contributed by atoms with Crippen LogP contribution in [0.5, 0.6) is 0 Å². The second kappa shape index (κ2) is 3.08. The Morgan fingerprint density at radius 3 is 2.86 bits per heavy atom. The lowest BCUT2D eigenvalue weighted by Gasteiger charge is -2.31. The largest absolute Gasteiger partial charge is 0.459 e. The van der Waals surface area contributed by atoms with Crippen molar-refractivity contribution in [2.45, 2.75) is 5.60 Å². The first-order chi connectivity index (χ1) is 6.67. The highest BCUT2D eigenvalue weighted by atomic mass is 16.5. The molecule has 0 aromatic heterocycles. The molecule has 0 radical (unpaired) electrons. The molecule has 0 spiro atoms. The minimum Gasteiger partial charge on any atom is -0.459 e. The van der Waals surface area contributed by atoms with Crippen molar-refractivity contribution in [3.63, 3.8) is 0 Å². The van der Waals surface area contributed by atoms with Crippen LogP contribution in [0, 0.1) is 0 Å². The van der Waals surface area contributed by atoms with Crippen LogP contribution in [0.2, 0.25) is 0 Å². The lowest BCUT2D eigenvalue weighted by molar-refractivity contribution is -0.0768. The summed E-state index contributed by atoms with van der Waals surface area (Å²) in [6.07, 6.45) is 0. The Labute approximate surface area is 80.7 Å². The minimum absolute atomic E-state index is 0.195. The first-order valence-corrected chi connectivity index (χ1v) is 4.27. The van der Waals surface area contributed by atoms with Gasteiger partial charge in [-0.15, -0.1) is 0 Å². The lowest BCUT2D eigenvalue weighted by Crippen LogP contribution is -2.41. The Morgan fingerprint density at radius 2 is 2.14 bits per heavy atom. The molecule has 0 fully saturated rings. The average Bonchev–Trinajstić information content (AvgIpc) is 2.24. The molecule has 1 aromatic rings. The fourth-order valence-electron chi connectivity index (χ4n) is 1.54. The molecule has 74 valence electrons. The van der Waals surface area contributed by atoms with Crippen LogP contribution in [0.1, 0.15) is 15.9 Å². The molecule has 0 amide bonds. The third-order valence-corrected chi connectivity index (χ3v) is 2.35. The van der Waals surface area contributed by atoms with Crippen molar-refractivity contribution in [3.8, 4) is 0 Å². The van der Waals surface area contributed by atoms with Crippen LogP contribution in [0.25, 0.3) is 0 Å². The summed E-state index contributed by atoms with van der Waals surface area (Å²) in [6, 6.07) is 6.57. The molecule has 2 N–H and O–H groups in total. The van der Waals surface area contributed by atoms with Crippen molar-refractivity contribution >= 4 is 5.97 Å². The topological polar surface area (TPSA) is 66.8 Å². The quantitative estimate of drug-likeness (QED) is 0.619. The predicted molar refractivity (Wildman–Crippen MR) is 47.7 cm³/mol. The van der Waals surface area contributed by atoms with E-state index < -0.39 is 18.2 Å².